The summed E-state index contributed by atoms with van der Waals surface area (Å²) in [6.07, 6.45) is 5.08. The molecule has 1 aliphatic rings. The molecule has 1 N–H and O–H groups in total. The van der Waals surface area contributed by atoms with Gasteiger partial charge in [-0.3, -0.25) is 9.69 Å². The summed E-state index contributed by atoms with van der Waals surface area (Å²) >= 11 is 0. The number of para-hydroxylation sites is 1. The van der Waals surface area contributed by atoms with E-state index in [1.807, 2.05) is 6.07 Å². The molecule has 0 unspecified atom stereocenters. The third-order valence-electron chi connectivity index (χ3n) is 5.61. The number of benzene rings is 1. The van der Waals surface area contributed by atoms with Crippen LogP contribution in [-0.4, -0.2) is 74.1 Å². The number of nitrogens with zero attached hydrogens (tertiary/aromatic N) is 4. The van der Waals surface area contributed by atoms with E-state index in [-0.39, 0.29) is 5.91 Å². The summed E-state index contributed by atoms with van der Waals surface area (Å²) in [5.74, 6) is 0.652. The summed E-state index contributed by atoms with van der Waals surface area (Å²) in [6.45, 7) is 8.45. The Hall–Kier alpha value is -2.60. The van der Waals surface area contributed by atoms with Gasteiger partial charge in [-0.05, 0) is 43.1 Å². The Morgan fingerprint density at radius 1 is 1.10 bits per heavy atom. The van der Waals surface area contributed by atoms with Crippen LogP contribution in [0.4, 0.5) is 11.5 Å². The highest BCUT2D eigenvalue weighted by atomic mass is 16.2. The molecule has 2 heterocycles. The fraction of sp³-hybridized carbons (Fsp3) is 0.500. The summed E-state index contributed by atoms with van der Waals surface area (Å²) in [5.41, 5.74) is 3.51. The SMILES string of the molecule is CCCc1ccccc1N1CCN(CCCNc2ncccc2C(=O)N(C)C)CC1. The number of anilines is 2. The van der Waals surface area contributed by atoms with Gasteiger partial charge in [0.1, 0.15) is 5.82 Å². The van der Waals surface area contributed by atoms with Crippen LogP contribution in [0.3, 0.4) is 0 Å². The zero-order valence-electron chi connectivity index (χ0n) is 18.6. The van der Waals surface area contributed by atoms with Crippen molar-refractivity contribution in [2.24, 2.45) is 0 Å². The van der Waals surface area contributed by atoms with Crippen LogP contribution >= 0.6 is 0 Å². The maximum absolute atomic E-state index is 12.3. The van der Waals surface area contributed by atoms with Gasteiger partial charge in [0.2, 0.25) is 0 Å². The summed E-state index contributed by atoms with van der Waals surface area (Å²) in [7, 11) is 3.53. The van der Waals surface area contributed by atoms with Crippen LogP contribution in [-0.2, 0) is 6.42 Å². The Morgan fingerprint density at radius 3 is 2.60 bits per heavy atom. The number of carbonyl (C=O) groups excluding carboxylic acids is 1. The van der Waals surface area contributed by atoms with Crippen molar-refractivity contribution in [2.75, 3.05) is 63.6 Å². The van der Waals surface area contributed by atoms with E-state index in [2.05, 4.69) is 51.3 Å². The standard InChI is InChI=1S/C24H35N5O/c1-4-9-20-10-5-6-12-22(20)29-18-16-28(17-19-29)15-8-14-26-23-21(11-7-13-25-23)24(30)27(2)3/h5-7,10-13H,4,8-9,14-19H2,1-3H3,(H,25,26). The van der Waals surface area contributed by atoms with Gasteiger partial charge in [-0.15, -0.1) is 0 Å². The summed E-state index contributed by atoms with van der Waals surface area (Å²) < 4.78 is 0. The van der Waals surface area contributed by atoms with Gasteiger partial charge in [0, 0.05) is 58.7 Å². The van der Waals surface area contributed by atoms with Crippen LogP contribution < -0.4 is 10.2 Å². The van der Waals surface area contributed by atoms with Crippen molar-refractivity contribution < 1.29 is 4.79 Å². The van der Waals surface area contributed by atoms with Gasteiger partial charge in [-0.2, -0.15) is 0 Å². The number of aryl methyl sites for hydroxylation is 1. The van der Waals surface area contributed by atoms with Crippen molar-refractivity contribution in [3.05, 3.63) is 53.7 Å². The fourth-order valence-electron chi connectivity index (χ4n) is 3.98. The molecule has 1 amide bonds. The molecule has 0 aliphatic carbocycles. The van der Waals surface area contributed by atoms with Gasteiger partial charge in [0.15, 0.2) is 0 Å². The lowest BCUT2D eigenvalue weighted by molar-refractivity contribution is 0.0828. The van der Waals surface area contributed by atoms with Gasteiger partial charge in [0.25, 0.3) is 5.91 Å². The molecule has 0 atom stereocenters. The summed E-state index contributed by atoms with van der Waals surface area (Å²) in [4.78, 5) is 23.3. The lowest BCUT2D eigenvalue weighted by Crippen LogP contribution is -2.47. The lowest BCUT2D eigenvalue weighted by Gasteiger charge is -2.37. The zero-order valence-corrected chi connectivity index (χ0v) is 18.6. The predicted molar refractivity (Wildman–Crippen MR) is 124 cm³/mol. The maximum atomic E-state index is 12.3. The fourth-order valence-corrected chi connectivity index (χ4v) is 3.98. The minimum atomic E-state index is -0.0231. The molecule has 1 aromatic carbocycles. The van der Waals surface area contributed by atoms with E-state index in [9.17, 15) is 4.79 Å². The van der Waals surface area contributed by atoms with Crippen LogP contribution in [0, 0.1) is 0 Å². The van der Waals surface area contributed by atoms with Crippen molar-refractivity contribution in [3.63, 3.8) is 0 Å². The highest BCUT2D eigenvalue weighted by molar-refractivity contribution is 5.98. The Bertz CT molecular complexity index is 815. The number of nitrogens with one attached hydrogen (secondary N) is 1. The first-order valence-electron chi connectivity index (χ1n) is 11.1. The number of aromatic nitrogens is 1. The molecule has 30 heavy (non-hydrogen) atoms. The third kappa shape index (κ3) is 5.72. The molecule has 1 saturated heterocycles. The van der Waals surface area contributed by atoms with Crippen LogP contribution in [0.1, 0.15) is 35.7 Å². The Balaban J connectivity index is 1.44. The van der Waals surface area contributed by atoms with Gasteiger partial charge < -0.3 is 15.1 Å². The van der Waals surface area contributed by atoms with E-state index < -0.39 is 0 Å². The Morgan fingerprint density at radius 2 is 1.87 bits per heavy atom. The van der Waals surface area contributed by atoms with Crippen molar-refractivity contribution in [1.29, 1.82) is 0 Å². The van der Waals surface area contributed by atoms with Crippen molar-refractivity contribution in [1.82, 2.24) is 14.8 Å². The van der Waals surface area contributed by atoms with Crippen molar-refractivity contribution in [3.8, 4) is 0 Å². The number of carbonyl (C=O) groups is 1. The van der Waals surface area contributed by atoms with Crippen LogP contribution in [0.15, 0.2) is 42.6 Å². The van der Waals surface area contributed by atoms with Crippen LogP contribution in [0.25, 0.3) is 0 Å². The molecule has 0 bridgehead atoms. The molecule has 6 nitrogen and oxygen atoms in total. The molecule has 1 fully saturated rings. The van der Waals surface area contributed by atoms with Gasteiger partial charge in [-0.25, -0.2) is 4.98 Å². The van der Waals surface area contributed by atoms with Gasteiger partial charge in [-0.1, -0.05) is 31.5 Å². The number of hydrogen-bond acceptors (Lipinski definition) is 5. The van der Waals surface area contributed by atoms with E-state index in [1.54, 1.807) is 31.3 Å². The Labute approximate surface area is 180 Å². The maximum Gasteiger partial charge on any atom is 0.257 e. The average Bonchev–Trinajstić information content (AvgIpc) is 2.77. The Kier molecular flexibility index (Phi) is 8.08. The number of pyridine rings is 1. The van der Waals surface area contributed by atoms with Crippen molar-refractivity contribution in [2.45, 2.75) is 26.2 Å². The quantitative estimate of drug-likeness (QED) is 0.644. The topological polar surface area (TPSA) is 51.7 Å². The monoisotopic (exact) mass is 409 g/mol. The highest BCUT2D eigenvalue weighted by Gasteiger charge is 2.19. The van der Waals surface area contributed by atoms with Gasteiger partial charge in [0.05, 0.1) is 5.56 Å². The van der Waals surface area contributed by atoms with Crippen LogP contribution in [0.2, 0.25) is 0 Å². The molecule has 1 aliphatic heterocycles. The first-order valence-corrected chi connectivity index (χ1v) is 11.1. The van der Waals surface area contributed by atoms with E-state index in [4.69, 9.17) is 0 Å². The van der Waals surface area contributed by atoms with E-state index >= 15 is 0 Å². The normalized spacial score (nSPS) is 14.6. The number of amides is 1. The first-order chi connectivity index (χ1) is 14.6. The molecule has 3 rings (SSSR count). The van der Waals surface area contributed by atoms with E-state index in [0.29, 0.717) is 11.4 Å². The second-order valence-corrected chi connectivity index (χ2v) is 8.09. The second kappa shape index (κ2) is 11.0. The number of hydrogen-bond donors (Lipinski definition) is 1. The average molecular weight is 410 g/mol. The van der Waals surface area contributed by atoms with E-state index in [0.717, 1.165) is 52.1 Å². The third-order valence-corrected chi connectivity index (χ3v) is 5.61. The summed E-state index contributed by atoms with van der Waals surface area (Å²) in [6, 6.07) is 12.5. The first kappa shape index (κ1) is 22.1. The molecule has 0 saturated carbocycles. The summed E-state index contributed by atoms with van der Waals surface area (Å²) in [5, 5.41) is 3.35. The number of piperazine rings is 1. The molecule has 6 heteroatoms. The molecule has 0 spiro atoms. The molecular weight excluding hydrogens is 374 g/mol. The second-order valence-electron chi connectivity index (χ2n) is 8.09. The largest absolute Gasteiger partial charge is 0.369 e. The molecule has 0 radical (unpaired) electrons. The number of rotatable bonds is 9. The smallest absolute Gasteiger partial charge is 0.257 e. The highest BCUT2D eigenvalue weighted by Crippen LogP contribution is 2.23. The van der Waals surface area contributed by atoms with Crippen molar-refractivity contribution >= 4 is 17.4 Å². The molecule has 1 aromatic heterocycles. The van der Waals surface area contributed by atoms with E-state index in [1.165, 1.54) is 17.7 Å². The molecule has 2 aromatic rings. The molecular formula is C24H35N5O. The minimum absolute atomic E-state index is 0.0231. The predicted octanol–water partition coefficient (Wildman–Crippen LogP) is 3.36. The molecule has 162 valence electrons. The van der Waals surface area contributed by atoms with Crippen LogP contribution in [0.5, 0.6) is 0 Å². The lowest BCUT2D eigenvalue weighted by atomic mass is 10.1. The zero-order chi connectivity index (χ0) is 21.3. The van der Waals surface area contributed by atoms with Gasteiger partial charge >= 0.3 is 0 Å². The minimum Gasteiger partial charge on any atom is -0.369 e.